The maximum Gasteiger partial charge on any atom is 0.248 e. The molecule has 1 saturated heterocycles. The molecular formula is C95H97ClF5N21O13. The van der Waals surface area contributed by atoms with Gasteiger partial charge in [-0.3, -0.25) is 19.3 Å². The van der Waals surface area contributed by atoms with E-state index in [-0.39, 0.29) is 82.7 Å². The predicted octanol–water partition coefficient (Wildman–Crippen LogP) is 17.6. The third-order valence-corrected chi connectivity index (χ3v) is 18.4. The van der Waals surface area contributed by atoms with Crippen molar-refractivity contribution in [2.24, 2.45) is 0 Å². The van der Waals surface area contributed by atoms with Gasteiger partial charge in [0.1, 0.15) is 49.8 Å². The molecule has 0 saturated carbocycles. The molecule has 40 heteroatoms. The van der Waals surface area contributed by atoms with Crippen LogP contribution in [0, 0.1) is 40.4 Å². The number of nitriles is 1. The first kappa shape index (κ1) is 101. The minimum absolute atomic E-state index is 0.00379. The van der Waals surface area contributed by atoms with Crippen LogP contribution in [0.5, 0.6) is 23.0 Å². The molecule has 3 amide bonds. The van der Waals surface area contributed by atoms with Crippen molar-refractivity contribution in [3.05, 3.63) is 296 Å². The molecule has 1 aliphatic rings. The lowest BCUT2D eigenvalue weighted by Gasteiger charge is -2.25. The van der Waals surface area contributed by atoms with E-state index in [2.05, 4.69) is 123 Å². The first-order chi connectivity index (χ1) is 65.2. The quantitative estimate of drug-likeness (QED) is 0.00732. The summed E-state index contributed by atoms with van der Waals surface area (Å²) in [5, 5.41) is 60.4. The van der Waals surface area contributed by atoms with Gasteiger partial charge in [-0.1, -0.05) is 61.7 Å². The molecule has 13 N–H and O–H groups in total. The number of rotatable bonds is 41. The molecule has 0 radical (unpaired) electrons. The number of hydrogen-bond donors (Lipinski definition) is 13. The second kappa shape index (κ2) is 52.3. The topological polar surface area (TPSA) is 428 Å². The van der Waals surface area contributed by atoms with Gasteiger partial charge in [-0.25, -0.2) is 41.9 Å². The highest BCUT2D eigenvalue weighted by Crippen LogP contribution is 2.34. The Kier molecular flexibility index (Phi) is 39.3. The SMILES string of the molecule is C=C(C#N)C(O)c1cccc(Nc2nc(Nc3ccc(OCCOC)cc3)ncc2F)c1.C=CC(=O)Nc1ccc(Cl)c(Nc2nc(Nc3ccc(OCCOC)cc3)ncc2F)c1.C=CC(=O)Nc1cccc(Nc2nc(Nc3ccc(OCC(C)(C)O)c(F)c3)ncc2F)c1.COCCOc1ccc(Nc2ncc(F)c(Nc3cccc(NC(=O)/C=C/CN4CCOCC4)c3)n2)cc1. The Morgan fingerprint density at radius 3 is 1.26 bits per heavy atom. The van der Waals surface area contributed by atoms with Crippen molar-refractivity contribution in [3.63, 3.8) is 0 Å². The van der Waals surface area contributed by atoms with Crippen molar-refractivity contribution in [1.29, 1.82) is 5.26 Å². The Hall–Kier alpha value is -15.8. The average molecular weight is 1870 g/mol. The molecular weight excluding hydrogens is 1770 g/mol. The first-order valence-corrected chi connectivity index (χ1v) is 41.7. The van der Waals surface area contributed by atoms with E-state index in [9.17, 15) is 46.5 Å². The van der Waals surface area contributed by atoms with Crippen molar-refractivity contribution in [2.75, 3.05) is 159 Å². The molecule has 1 unspecified atom stereocenters. The lowest BCUT2D eigenvalue weighted by Crippen LogP contribution is -2.36. The van der Waals surface area contributed by atoms with Crippen LogP contribution in [-0.4, -0.2) is 179 Å². The van der Waals surface area contributed by atoms with Crippen LogP contribution in [0.3, 0.4) is 0 Å². The Bertz CT molecular complexity index is 6050. The fourth-order valence-electron chi connectivity index (χ4n) is 11.5. The molecule has 0 bridgehead atoms. The number of carbonyl (C=O) groups is 3. The highest BCUT2D eigenvalue weighted by molar-refractivity contribution is 6.33. The molecule has 0 aliphatic carbocycles. The standard InChI is InChI=1S/C27H31FN6O4.C23H23F2N5O3.C23H22FN5O3.C22H21ClFN5O3/c1-36-16-17-38-23-9-7-20(8-10-23)32-27-29-19-24(28)26(33-27)31-22-5-2-4-21(18-22)30-25(35)6-3-11-34-12-14-37-15-13-34;1-4-20(31)27-14-6-5-7-15(10-14)28-21-18(25)12-26-22(30-21)29-16-8-9-19(17(24)11-16)33-13-23(2,3)32;1-15(13-25)21(30)16-4-3-5-18(12-16)27-22-20(24)14-26-23(29-22)28-17-6-8-19(9-7-17)32-11-10-31-2;1-3-20(30)26-15-6-9-17(23)19(12-15)28-21-18(24)13-25-22(29-21)27-14-4-7-16(8-5-14)32-11-10-31-2/h2-10,18-19H,11-17H2,1H3,(H,30,35)(H2,29,31,32,33);4-12,32H,1,13H2,2-3H3,(H,27,31)(H2,26,28,29,30);3-9,12,14,21,30H,1,10-11H2,2H3,(H2,26,27,28,29);3-9,12-13H,1,10-11H2,2H3,(H,26,30)(H2,25,27,28,29)/b6-3+;;;. The summed E-state index contributed by atoms with van der Waals surface area (Å²) in [6.07, 6.45) is 8.62. The largest absolute Gasteiger partial charge is 0.491 e. The van der Waals surface area contributed by atoms with E-state index >= 15 is 0 Å². The number of nitrogens with one attached hydrogen (secondary N) is 11. The van der Waals surface area contributed by atoms with Crippen molar-refractivity contribution >= 4 is 139 Å². The van der Waals surface area contributed by atoms with E-state index in [1.165, 1.54) is 24.3 Å². The number of carbonyl (C=O) groups excluding carboxylic acids is 3. The molecule has 1 atom stereocenters. The van der Waals surface area contributed by atoms with Crippen molar-refractivity contribution in [1.82, 2.24) is 44.8 Å². The summed E-state index contributed by atoms with van der Waals surface area (Å²) in [6, 6.07) is 52.3. The van der Waals surface area contributed by atoms with Gasteiger partial charge in [-0.2, -0.15) is 25.2 Å². The van der Waals surface area contributed by atoms with Crippen LogP contribution in [0.2, 0.25) is 5.02 Å². The van der Waals surface area contributed by atoms with Gasteiger partial charge in [0.05, 0.1) is 85.8 Å². The second-order valence-electron chi connectivity index (χ2n) is 29.1. The van der Waals surface area contributed by atoms with Crippen LogP contribution in [0.25, 0.3) is 0 Å². The van der Waals surface area contributed by atoms with Gasteiger partial charge in [0, 0.05) is 110 Å². The number of aliphatic hydroxyl groups is 2. The lowest BCUT2D eigenvalue weighted by atomic mass is 10.0. The molecule has 34 nitrogen and oxygen atoms in total. The zero-order valence-electron chi connectivity index (χ0n) is 73.7. The third-order valence-electron chi connectivity index (χ3n) is 18.1. The molecule has 0 spiro atoms. The van der Waals surface area contributed by atoms with Crippen molar-refractivity contribution < 1.29 is 84.4 Å². The zero-order chi connectivity index (χ0) is 96.4. The summed E-state index contributed by atoms with van der Waals surface area (Å²) in [7, 11) is 4.83. The number of aromatic nitrogens is 8. The van der Waals surface area contributed by atoms with Crippen LogP contribution in [0.4, 0.5) is 132 Å². The van der Waals surface area contributed by atoms with Gasteiger partial charge < -0.3 is 107 Å². The van der Waals surface area contributed by atoms with Gasteiger partial charge in [0.25, 0.3) is 0 Å². The molecule has 1 aliphatic heterocycles. The summed E-state index contributed by atoms with van der Waals surface area (Å²) < 4.78 is 114. The summed E-state index contributed by atoms with van der Waals surface area (Å²) in [5.41, 5.74) is 5.15. The van der Waals surface area contributed by atoms with E-state index in [0.29, 0.717) is 150 Å². The number of aliphatic hydroxyl groups excluding tert-OH is 1. The third kappa shape index (κ3) is 34.5. The van der Waals surface area contributed by atoms with E-state index < -0.39 is 40.8 Å². The number of ether oxygens (including phenoxy) is 8. The van der Waals surface area contributed by atoms with E-state index in [4.69, 9.17) is 54.8 Å². The zero-order valence-corrected chi connectivity index (χ0v) is 74.5. The Morgan fingerprint density at radius 1 is 0.481 bits per heavy atom. The molecule has 5 heterocycles. The van der Waals surface area contributed by atoms with Crippen LogP contribution < -0.4 is 77.4 Å². The first-order valence-electron chi connectivity index (χ1n) is 41.3. The van der Waals surface area contributed by atoms with Crippen molar-refractivity contribution in [2.45, 2.75) is 25.6 Å². The van der Waals surface area contributed by atoms with Crippen LogP contribution in [0.15, 0.2) is 256 Å². The number of benzene rings is 8. The molecule has 8 aromatic carbocycles. The summed E-state index contributed by atoms with van der Waals surface area (Å²) in [4.78, 5) is 70.0. The summed E-state index contributed by atoms with van der Waals surface area (Å²) in [5.74, 6) is -1.88. The summed E-state index contributed by atoms with van der Waals surface area (Å²) in [6.45, 7) is 20.0. The van der Waals surface area contributed by atoms with Gasteiger partial charge in [-0.15, -0.1) is 0 Å². The van der Waals surface area contributed by atoms with Gasteiger partial charge in [-0.05, 0) is 183 Å². The molecule has 702 valence electrons. The maximum absolute atomic E-state index is 14.5. The minimum atomic E-state index is -1.14. The fraction of sp³-hybridized carbons (Fsp3) is 0.200. The monoisotopic (exact) mass is 1870 g/mol. The van der Waals surface area contributed by atoms with E-state index in [1.54, 1.807) is 187 Å². The number of hydrogen-bond acceptors (Lipinski definition) is 31. The number of amides is 3. The number of halogens is 6. The molecule has 4 aromatic heterocycles. The van der Waals surface area contributed by atoms with Gasteiger partial charge in [0.15, 0.2) is 58.1 Å². The molecule has 1 fully saturated rings. The van der Waals surface area contributed by atoms with Crippen LogP contribution in [-0.2, 0) is 33.3 Å². The Balaban J connectivity index is 0.000000187. The Morgan fingerprint density at radius 2 is 0.852 bits per heavy atom. The fourth-order valence-corrected chi connectivity index (χ4v) is 11.6. The summed E-state index contributed by atoms with van der Waals surface area (Å²) >= 11 is 6.20. The highest BCUT2D eigenvalue weighted by Gasteiger charge is 2.20. The Labute approximate surface area is 779 Å². The number of nitrogens with zero attached hydrogens (tertiary/aromatic N) is 10. The van der Waals surface area contributed by atoms with Crippen LogP contribution >= 0.6 is 11.6 Å². The smallest absolute Gasteiger partial charge is 0.248 e. The predicted molar refractivity (Wildman–Crippen MR) is 507 cm³/mol. The normalized spacial score (nSPS) is 11.7. The molecule has 135 heavy (non-hydrogen) atoms. The number of methoxy groups -OCH3 is 3. The van der Waals surface area contributed by atoms with Crippen molar-refractivity contribution in [3.8, 4) is 29.1 Å². The molecule has 12 aromatic rings. The number of anilines is 19. The van der Waals surface area contributed by atoms with E-state index in [0.717, 1.165) is 50.0 Å². The number of morpholine rings is 1. The van der Waals surface area contributed by atoms with Gasteiger partial charge >= 0.3 is 0 Å². The van der Waals surface area contributed by atoms with Gasteiger partial charge in [0.2, 0.25) is 41.5 Å². The second-order valence-corrected chi connectivity index (χ2v) is 29.5. The highest BCUT2D eigenvalue weighted by atomic mass is 35.5. The molecule has 13 rings (SSSR count). The van der Waals surface area contributed by atoms with Crippen LogP contribution in [0.1, 0.15) is 25.5 Å². The minimum Gasteiger partial charge on any atom is -0.491 e. The lowest BCUT2D eigenvalue weighted by molar-refractivity contribution is -0.112. The average Bonchev–Trinajstić information content (AvgIpc) is 0.842. The van der Waals surface area contributed by atoms with E-state index in [1.807, 2.05) is 24.3 Å². The maximum atomic E-state index is 14.5.